The van der Waals surface area contributed by atoms with E-state index in [0.29, 0.717) is 23.7 Å². The molecule has 28 heavy (non-hydrogen) atoms. The van der Waals surface area contributed by atoms with Crippen LogP contribution in [0.5, 0.6) is 5.75 Å². The molecule has 0 aliphatic rings. The Balaban J connectivity index is 2.23. The molecule has 0 saturated heterocycles. The zero-order valence-electron chi connectivity index (χ0n) is 16.4. The van der Waals surface area contributed by atoms with Crippen molar-refractivity contribution in [2.24, 2.45) is 0 Å². The van der Waals surface area contributed by atoms with Crippen LogP contribution in [0, 0.1) is 0 Å². The normalized spacial score (nSPS) is 11.1. The van der Waals surface area contributed by atoms with E-state index < -0.39 is 15.9 Å². The van der Waals surface area contributed by atoms with Crippen molar-refractivity contribution in [2.75, 3.05) is 29.0 Å². The number of para-hydroxylation sites is 1. The predicted octanol–water partition coefficient (Wildman–Crippen LogP) is 3.78. The Kier molecular flexibility index (Phi) is 7.23. The van der Waals surface area contributed by atoms with Crippen molar-refractivity contribution in [3.05, 3.63) is 66.7 Å². The second-order valence-corrected chi connectivity index (χ2v) is 8.57. The SMILES string of the molecule is C=CCOc1cccc(NC(=O)CN(c2ccccc2C(C)C)S(C)(=O)=O)c1. The zero-order valence-corrected chi connectivity index (χ0v) is 17.2. The maximum atomic E-state index is 12.6. The Morgan fingerprint density at radius 1 is 1.21 bits per heavy atom. The molecular formula is C21H26N2O4S. The van der Waals surface area contributed by atoms with Gasteiger partial charge in [-0.2, -0.15) is 0 Å². The van der Waals surface area contributed by atoms with Gasteiger partial charge >= 0.3 is 0 Å². The summed E-state index contributed by atoms with van der Waals surface area (Å²) in [5.41, 5.74) is 1.90. The molecule has 1 amide bonds. The molecule has 2 aromatic rings. The topological polar surface area (TPSA) is 75.7 Å². The predicted molar refractivity (Wildman–Crippen MR) is 113 cm³/mol. The lowest BCUT2D eigenvalue weighted by molar-refractivity contribution is -0.114. The van der Waals surface area contributed by atoms with Crippen molar-refractivity contribution >= 4 is 27.3 Å². The van der Waals surface area contributed by atoms with Crippen molar-refractivity contribution in [3.8, 4) is 5.75 Å². The first-order chi connectivity index (χ1) is 13.2. The fourth-order valence-electron chi connectivity index (χ4n) is 2.73. The molecule has 1 N–H and O–H groups in total. The van der Waals surface area contributed by atoms with Crippen LogP contribution in [0.4, 0.5) is 11.4 Å². The molecule has 0 fully saturated rings. The van der Waals surface area contributed by atoms with Crippen LogP contribution in [0.1, 0.15) is 25.3 Å². The smallest absolute Gasteiger partial charge is 0.245 e. The third-order valence-electron chi connectivity index (χ3n) is 4.00. The molecule has 0 saturated carbocycles. The second kappa shape index (κ2) is 9.41. The van der Waals surface area contributed by atoms with Gasteiger partial charge in [-0.15, -0.1) is 0 Å². The number of hydrogen-bond donors (Lipinski definition) is 1. The number of carbonyl (C=O) groups excluding carboxylic acids is 1. The first-order valence-corrected chi connectivity index (χ1v) is 10.8. The minimum Gasteiger partial charge on any atom is -0.489 e. The van der Waals surface area contributed by atoms with Crippen LogP contribution in [0.3, 0.4) is 0 Å². The van der Waals surface area contributed by atoms with Crippen LogP contribution in [0.25, 0.3) is 0 Å². The minimum absolute atomic E-state index is 0.113. The highest BCUT2D eigenvalue weighted by molar-refractivity contribution is 7.92. The Morgan fingerprint density at radius 2 is 1.93 bits per heavy atom. The lowest BCUT2D eigenvalue weighted by Gasteiger charge is -2.25. The van der Waals surface area contributed by atoms with Gasteiger partial charge in [0.05, 0.1) is 11.9 Å². The van der Waals surface area contributed by atoms with E-state index >= 15 is 0 Å². The third-order valence-corrected chi connectivity index (χ3v) is 5.13. The summed E-state index contributed by atoms with van der Waals surface area (Å²) in [5, 5.41) is 2.73. The van der Waals surface area contributed by atoms with E-state index in [1.165, 1.54) is 0 Å². The number of sulfonamides is 1. The van der Waals surface area contributed by atoms with Crippen LogP contribution in [-0.2, 0) is 14.8 Å². The van der Waals surface area contributed by atoms with Gasteiger partial charge in [0, 0.05) is 11.8 Å². The average Bonchev–Trinajstić information content (AvgIpc) is 2.64. The first kappa shape index (κ1) is 21.5. The summed E-state index contributed by atoms with van der Waals surface area (Å²) in [6.07, 6.45) is 2.72. The molecule has 2 aromatic carbocycles. The average molecular weight is 403 g/mol. The van der Waals surface area contributed by atoms with Crippen LogP contribution < -0.4 is 14.4 Å². The molecule has 0 spiro atoms. The van der Waals surface area contributed by atoms with Gasteiger partial charge in [0.15, 0.2) is 0 Å². The fraction of sp³-hybridized carbons (Fsp3) is 0.286. The fourth-order valence-corrected chi connectivity index (χ4v) is 3.61. The van der Waals surface area contributed by atoms with Crippen molar-refractivity contribution in [1.29, 1.82) is 0 Å². The number of hydrogen-bond acceptors (Lipinski definition) is 4. The van der Waals surface area contributed by atoms with Gasteiger partial charge in [0.1, 0.15) is 18.9 Å². The van der Waals surface area contributed by atoms with Crippen molar-refractivity contribution in [1.82, 2.24) is 0 Å². The van der Waals surface area contributed by atoms with Gasteiger partial charge in [-0.3, -0.25) is 9.10 Å². The van der Waals surface area contributed by atoms with E-state index in [4.69, 9.17) is 4.74 Å². The summed E-state index contributed by atoms with van der Waals surface area (Å²) in [6, 6.07) is 14.1. The van der Waals surface area contributed by atoms with Crippen LogP contribution in [0.2, 0.25) is 0 Å². The Bertz CT molecular complexity index is 939. The number of ether oxygens (including phenoxy) is 1. The van der Waals surface area contributed by atoms with Crippen molar-refractivity contribution in [3.63, 3.8) is 0 Å². The van der Waals surface area contributed by atoms with Crippen LogP contribution >= 0.6 is 0 Å². The van der Waals surface area contributed by atoms with E-state index in [1.807, 2.05) is 26.0 Å². The quantitative estimate of drug-likeness (QED) is 0.648. The number of amides is 1. The zero-order chi connectivity index (χ0) is 20.7. The van der Waals surface area contributed by atoms with E-state index in [2.05, 4.69) is 11.9 Å². The summed E-state index contributed by atoms with van der Waals surface area (Å²) < 4.78 is 31.4. The highest BCUT2D eigenvalue weighted by Crippen LogP contribution is 2.29. The highest BCUT2D eigenvalue weighted by Gasteiger charge is 2.24. The molecule has 0 aliphatic heterocycles. The molecule has 6 nitrogen and oxygen atoms in total. The molecule has 0 radical (unpaired) electrons. The van der Waals surface area contributed by atoms with Gasteiger partial charge in [-0.05, 0) is 29.7 Å². The Labute approximate surface area is 166 Å². The van der Waals surface area contributed by atoms with Gasteiger partial charge in [0.25, 0.3) is 0 Å². The largest absolute Gasteiger partial charge is 0.489 e. The number of carbonyl (C=O) groups is 1. The second-order valence-electron chi connectivity index (χ2n) is 6.66. The molecule has 7 heteroatoms. The summed E-state index contributed by atoms with van der Waals surface area (Å²) in [4.78, 5) is 12.6. The summed E-state index contributed by atoms with van der Waals surface area (Å²) in [7, 11) is -3.64. The standard InChI is InChI=1S/C21H26N2O4S/c1-5-13-27-18-10-8-9-17(14-18)22-21(24)15-23(28(4,25)26)20-12-7-6-11-19(20)16(2)3/h5-12,14,16H,1,13,15H2,2-4H3,(H,22,24). The maximum Gasteiger partial charge on any atom is 0.245 e. The monoisotopic (exact) mass is 402 g/mol. The number of benzene rings is 2. The third kappa shape index (κ3) is 5.85. The molecule has 0 bridgehead atoms. The van der Waals surface area contributed by atoms with E-state index in [-0.39, 0.29) is 12.5 Å². The lowest BCUT2D eigenvalue weighted by Crippen LogP contribution is -2.38. The van der Waals surface area contributed by atoms with E-state index in [1.54, 1.807) is 42.5 Å². The van der Waals surface area contributed by atoms with E-state index in [0.717, 1.165) is 16.1 Å². The number of rotatable bonds is 9. The maximum absolute atomic E-state index is 12.6. The van der Waals surface area contributed by atoms with Gasteiger partial charge in [-0.1, -0.05) is 50.8 Å². The van der Waals surface area contributed by atoms with Gasteiger partial charge < -0.3 is 10.1 Å². The summed E-state index contributed by atoms with van der Waals surface area (Å²) in [5.74, 6) is 0.259. The minimum atomic E-state index is -3.64. The first-order valence-electron chi connectivity index (χ1n) is 8.92. The van der Waals surface area contributed by atoms with Crippen molar-refractivity contribution < 1.29 is 17.9 Å². The number of nitrogens with zero attached hydrogens (tertiary/aromatic N) is 1. The molecule has 2 rings (SSSR count). The Hall–Kier alpha value is -2.80. The van der Waals surface area contributed by atoms with Crippen LogP contribution in [0.15, 0.2) is 61.2 Å². The summed E-state index contributed by atoms with van der Waals surface area (Å²) >= 11 is 0. The van der Waals surface area contributed by atoms with E-state index in [9.17, 15) is 13.2 Å². The molecular weight excluding hydrogens is 376 g/mol. The lowest BCUT2D eigenvalue weighted by atomic mass is 10.0. The molecule has 0 aliphatic carbocycles. The molecule has 0 heterocycles. The van der Waals surface area contributed by atoms with Crippen molar-refractivity contribution in [2.45, 2.75) is 19.8 Å². The molecule has 0 unspecified atom stereocenters. The number of nitrogens with one attached hydrogen (secondary N) is 1. The van der Waals surface area contributed by atoms with Crippen LogP contribution in [-0.4, -0.2) is 33.7 Å². The highest BCUT2D eigenvalue weighted by atomic mass is 32.2. The Morgan fingerprint density at radius 3 is 2.57 bits per heavy atom. The van der Waals surface area contributed by atoms with Gasteiger partial charge in [0.2, 0.25) is 15.9 Å². The molecule has 0 atom stereocenters. The molecule has 150 valence electrons. The molecule has 0 aromatic heterocycles. The number of anilines is 2. The summed E-state index contributed by atoms with van der Waals surface area (Å²) in [6.45, 7) is 7.59. The van der Waals surface area contributed by atoms with Gasteiger partial charge in [-0.25, -0.2) is 8.42 Å².